The van der Waals surface area contributed by atoms with E-state index in [1.54, 1.807) is 30.0 Å². The number of carbonyl (C=O) groups is 2. The minimum absolute atomic E-state index is 0.170. The van der Waals surface area contributed by atoms with Gasteiger partial charge < -0.3 is 14.4 Å². The molecule has 7 heteroatoms. The van der Waals surface area contributed by atoms with Crippen LogP contribution in [0.2, 0.25) is 0 Å². The van der Waals surface area contributed by atoms with Crippen LogP contribution in [0.4, 0.5) is 0 Å². The summed E-state index contributed by atoms with van der Waals surface area (Å²) < 4.78 is 11.2. The van der Waals surface area contributed by atoms with Gasteiger partial charge in [0.15, 0.2) is 6.10 Å². The number of hydrogen-bond donors (Lipinski definition) is 0. The molecule has 1 aliphatic heterocycles. The summed E-state index contributed by atoms with van der Waals surface area (Å²) in [5, 5.41) is 0. The molecule has 29 heavy (non-hydrogen) atoms. The lowest BCUT2D eigenvalue weighted by Gasteiger charge is -2.35. The quantitative estimate of drug-likeness (QED) is 0.618. The average Bonchev–Trinajstić information content (AvgIpc) is 2.74. The van der Waals surface area contributed by atoms with Crippen LogP contribution in [-0.4, -0.2) is 61.1 Å². The number of piperazine rings is 1. The fraction of sp³-hybridized carbons (Fsp3) is 0.364. The molecule has 0 aliphatic carbocycles. The smallest absolute Gasteiger partial charge is 0.340 e. The van der Waals surface area contributed by atoms with Gasteiger partial charge in [-0.25, -0.2) is 4.79 Å². The zero-order valence-corrected chi connectivity index (χ0v) is 18.2. The van der Waals surface area contributed by atoms with E-state index in [1.807, 2.05) is 18.2 Å². The van der Waals surface area contributed by atoms with Crippen molar-refractivity contribution >= 4 is 27.8 Å². The Morgan fingerprint density at radius 3 is 2.41 bits per heavy atom. The molecule has 0 saturated carbocycles. The molecule has 0 radical (unpaired) electrons. The van der Waals surface area contributed by atoms with Crippen molar-refractivity contribution < 1.29 is 19.1 Å². The molecule has 0 aromatic heterocycles. The molecule has 2 aromatic rings. The molecule has 1 heterocycles. The molecule has 1 unspecified atom stereocenters. The maximum Gasteiger partial charge on any atom is 0.340 e. The van der Waals surface area contributed by atoms with E-state index in [0.29, 0.717) is 28.9 Å². The first-order chi connectivity index (χ1) is 14.0. The minimum Gasteiger partial charge on any atom is -0.497 e. The van der Waals surface area contributed by atoms with Crippen molar-refractivity contribution in [3.63, 3.8) is 0 Å². The van der Waals surface area contributed by atoms with E-state index < -0.39 is 12.1 Å². The molecule has 1 saturated heterocycles. The van der Waals surface area contributed by atoms with Crippen LogP contribution in [-0.2, 0) is 16.1 Å². The number of esters is 1. The van der Waals surface area contributed by atoms with Gasteiger partial charge in [0.05, 0.1) is 12.7 Å². The first-order valence-corrected chi connectivity index (χ1v) is 10.4. The van der Waals surface area contributed by atoms with Gasteiger partial charge in [0, 0.05) is 37.2 Å². The van der Waals surface area contributed by atoms with Crippen LogP contribution in [0.15, 0.2) is 53.0 Å². The molecule has 0 bridgehead atoms. The molecule has 0 spiro atoms. The standard InChI is InChI=1S/C22H25BrN2O4/c1-16(29-22(27)19-14-18(28-2)8-9-20(19)23)21(26)25-12-10-24(11-13-25)15-17-6-4-3-5-7-17/h3-9,14,16H,10-13,15H2,1-2H3. The first-order valence-electron chi connectivity index (χ1n) is 9.57. The van der Waals surface area contributed by atoms with E-state index in [-0.39, 0.29) is 5.91 Å². The summed E-state index contributed by atoms with van der Waals surface area (Å²) in [6.45, 7) is 5.32. The third kappa shape index (κ3) is 5.58. The van der Waals surface area contributed by atoms with E-state index in [1.165, 1.54) is 12.7 Å². The Morgan fingerprint density at radius 1 is 1.07 bits per heavy atom. The van der Waals surface area contributed by atoms with Gasteiger partial charge in [0.25, 0.3) is 5.91 Å². The lowest BCUT2D eigenvalue weighted by molar-refractivity contribution is -0.141. The molecule has 0 N–H and O–H groups in total. The summed E-state index contributed by atoms with van der Waals surface area (Å²) in [6, 6.07) is 15.3. The van der Waals surface area contributed by atoms with Crippen LogP contribution in [0.25, 0.3) is 0 Å². The summed E-state index contributed by atoms with van der Waals surface area (Å²) in [7, 11) is 1.53. The van der Waals surface area contributed by atoms with Crippen molar-refractivity contribution in [1.29, 1.82) is 0 Å². The summed E-state index contributed by atoms with van der Waals surface area (Å²) >= 11 is 3.34. The minimum atomic E-state index is -0.846. The zero-order chi connectivity index (χ0) is 20.8. The monoisotopic (exact) mass is 460 g/mol. The summed E-state index contributed by atoms with van der Waals surface area (Å²) in [6.07, 6.45) is -0.846. The van der Waals surface area contributed by atoms with Crippen molar-refractivity contribution in [2.75, 3.05) is 33.3 Å². The lowest BCUT2D eigenvalue weighted by atomic mass is 10.2. The predicted octanol–water partition coefficient (Wildman–Crippen LogP) is 3.35. The van der Waals surface area contributed by atoms with Crippen LogP contribution in [0.3, 0.4) is 0 Å². The molecule has 1 amide bonds. The number of benzene rings is 2. The number of halogens is 1. The Hall–Kier alpha value is -2.38. The van der Waals surface area contributed by atoms with Crippen molar-refractivity contribution in [2.24, 2.45) is 0 Å². The van der Waals surface area contributed by atoms with Crippen molar-refractivity contribution in [3.05, 3.63) is 64.1 Å². The highest BCUT2D eigenvalue weighted by Gasteiger charge is 2.28. The fourth-order valence-electron chi connectivity index (χ4n) is 3.29. The van der Waals surface area contributed by atoms with Gasteiger partial charge in [-0.3, -0.25) is 9.69 Å². The van der Waals surface area contributed by atoms with Crippen LogP contribution in [0.1, 0.15) is 22.8 Å². The fourth-order valence-corrected chi connectivity index (χ4v) is 3.70. The second-order valence-electron chi connectivity index (χ2n) is 6.98. The Kier molecular flexibility index (Phi) is 7.28. The second kappa shape index (κ2) is 9.89. The number of carbonyl (C=O) groups excluding carboxylic acids is 2. The van der Waals surface area contributed by atoms with E-state index >= 15 is 0 Å². The Morgan fingerprint density at radius 2 is 1.76 bits per heavy atom. The zero-order valence-electron chi connectivity index (χ0n) is 16.6. The summed E-state index contributed by atoms with van der Waals surface area (Å²) in [5.74, 6) is -0.176. The van der Waals surface area contributed by atoms with Gasteiger partial charge in [0.2, 0.25) is 0 Å². The maximum atomic E-state index is 12.7. The van der Waals surface area contributed by atoms with Gasteiger partial charge in [-0.1, -0.05) is 30.3 Å². The number of amides is 1. The van der Waals surface area contributed by atoms with Gasteiger partial charge in [-0.05, 0) is 46.6 Å². The SMILES string of the molecule is COc1ccc(Br)c(C(=O)OC(C)C(=O)N2CCN(Cc3ccccc3)CC2)c1. The molecule has 3 rings (SSSR count). The average molecular weight is 461 g/mol. The Bertz CT molecular complexity index is 851. The maximum absolute atomic E-state index is 12.7. The van der Waals surface area contributed by atoms with E-state index in [4.69, 9.17) is 9.47 Å². The molecule has 1 aliphatic rings. The van der Waals surface area contributed by atoms with E-state index in [2.05, 4.69) is 33.0 Å². The number of ether oxygens (including phenoxy) is 2. The molecule has 6 nitrogen and oxygen atoms in total. The molecule has 154 valence electrons. The molecular formula is C22H25BrN2O4. The van der Waals surface area contributed by atoms with Gasteiger partial charge in [-0.2, -0.15) is 0 Å². The van der Waals surface area contributed by atoms with Crippen LogP contribution < -0.4 is 4.74 Å². The summed E-state index contributed by atoms with van der Waals surface area (Å²) in [5.41, 5.74) is 1.59. The Labute approximate surface area is 179 Å². The molecule has 2 aromatic carbocycles. The molecular weight excluding hydrogens is 436 g/mol. The third-order valence-electron chi connectivity index (χ3n) is 4.96. The third-order valence-corrected chi connectivity index (χ3v) is 5.65. The highest BCUT2D eigenvalue weighted by molar-refractivity contribution is 9.10. The predicted molar refractivity (Wildman–Crippen MR) is 114 cm³/mol. The number of nitrogens with zero attached hydrogens (tertiary/aromatic N) is 2. The van der Waals surface area contributed by atoms with Crippen molar-refractivity contribution in [2.45, 2.75) is 19.6 Å². The van der Waals surface area contributed by atoms with Crippen LogP contribution in [0.5, 0.6) is 5.75 Å². The highest BCUT2D eigenvalue weighted by atomic mass is 79.9. The normalized spacial score (nSPS) is 15.6. The van der Waals surface area contributed by atoms with E-state index in [9.17, 15) is 9.59 Å². The number of methoxy groups -OCH3 is 1. The molecule has 1 fully saturated rings. The first kappa shape index (κ1) is 21.3. The van der Waals surface area contributed by atoms with Crippen molar-refractivity contribution in [1.82, 2.24) is 9.80 Å². The summed E-state index contributed by atoms with van der Waals surface area (Å²) in [4.78, 5) is 29.3. The Balaban J connectivity index is 1.52. The van der Waals surface area contributed by atoms with Crippen LogP contribution >= 0.6 is 15.9 Å². The van der Waals surface area contributed by atoms with Crippen molar-refractivity contribution in [3.8, 4) is 5.75 Å². The van der Waals surface area contributed by atoms with Gasteiger partial charge in [-0.15, -0.1) is 0 Å². The topological polar surface area (TPSA) is 59.1 Å². The lowest BCUT2D eigenvalue weighted by Crippen LogP contribution is -2.51. The number of hydrogen-bond acceptors (Lipinski definition) is 5. The van der Waals surface area contributed by atoms with E-state index in [0.717, 1.165) is 19.6 Å². The van der Waals surface area contributed by atoms with Gasteiger partial charge in [0.1, 0.15) is 5.75 Å². The van der Waals surface area contributed by atoms with Gasteiger partial charge >= 0.3 is 5.97 Å². The van der Waals surface area contributed by atoms with Crippen LogP contribution in [0, 0.1) is 0 Å². The largest absolute Gasteiger partial charge is 0.497 e. The highest BCUT2D eigenvalue weighted by Crippen LogP contribution is 2.24. The number of rotatable bonds is 6. The second-order valence-corrected chi connectivity index (χ2v) is 7.83. The molecule has 1 atom stereocenters.